The number of aliphatic carboxylic acids is 1. The van der Waals surface area contributed by atoms with Crippen molar-refractivity contribution in [3.05, 3.63) is 71.4 Å². The molecular weight excluding hydrogens is 448 g/mol. The lowest BCUT2D eigenvalue weighted by molar-refractivity contribution is -0.139. The number of anilines is 1. The van der Waals surface area contributed by atoms with E-state index in [1.807, 2.05) is 36.4 Å². The number of aryl methyl sites for hydroxylation is 1. The van der Waals surface area contributed by atoms with E-state index < -0.39 is 23.5 Å². The lowest BCUT2D eigenvalue weighted by Gasteiger charge is -2.41. The number of fused-ring (bicyclic) bond motifs is 3. The number of aromatic nitrogens is 2. The van der Waals surface area contributed by atoms with Gasteiger partial charge in [-0.2, -0.15) is 5.10 Å². The van der Waals surface area contributed by atoms with Crippen LogP contribution in [0.15, 0.2) is 54.7 Å². The average molecular weight is 475 g/mol. The Hall–Kier alpha value is -4.14. The van der Waals surface area contributed by atoms with Crippen molar-refractivity contribution in [2.45, 2.75) is 37.1 Å². The lowest BCUT2D eigenvalue weighted by Crippen LogP contribution is -2.54. The molecule has 9 nitrogen and oxygen atoms in total. The van der Waals surface area contributed by atoms with Gasteiger partial charge in [-0.1, -0.05) is 48.5 Å². The Morgan fingerprint density at radius 3 is 2.29 bits per heavy atom. The monoisotopic (exact) mass is 474 g/mol. The van der Waals surface area contributed by atoms with E-state index in [4.69, 9.17) is 4.74 Å². The number of nitrogens with one attached hydrogen (secondary N) is 2. The Bertz CT molecular complexity index is 1270. The van der Waals surface area contributed by atoms with Crippen LogP contribution in [0.2, 0.25) is 0 Å². The van der Waals surface area contributed by atoms with Crippen LogP contribution in [0.1, 0.15) is 53.1 Å². The Morgan fingerprint density at radius 2 is 1.71 bits per heavy atom. The van der Waals surface area contributed by atoms with Gasteiger partial charge in [-0.05, 0) is 41.5 Å². The van der Waals surface area contributed by atoms with Crippen molar-refractivity contribution < 1.29 is 24.2 Å². The fourth-order valence-corrected chi connectivity index (χ4v) is 5.03. The molecule has 180 valence electrons. The zero-order chi connectivity index (χ0) is 24.6. The maximum absolute atomic E-state index is 12.9. The van der Waals surface area contributed by atoms with Gasteiger partial charge in [-0.15, -0.1) is 0 Å². The SMILES string of the molecule is Cn1cc(C(=O)NC2(CC(=O)O)CCC2)c(NC(=O)OCC2c3ccccc3-c3ccccc32)n1. The Morgan fingerprint density at radius 1 is 1.09 bits per heavy atom. The van der Waals surface area contributed by atoms with Gasteiger partial charge in [0.05, 0.1) is 12.0 Å². The van der Waals surface area contributed by atoms with Crippen molar-refractivity contribution in [3.63, 3.8) is 0 Å². The first kappa shape index (κ1) is 22.6. The third-order valence-corrected chi connectivity index (χ3v) is 6.82. The van der Waals surface area contributed by atoms with Crippen LogP contribution in [0.25, 0.3) is 11.1 Å². The van der Waals surface area contributed by atoms with Crippen molar-refractivity contribution >= 4 is 23.8 Å². The number of hydrogen-bond acceptors (Lipinski definition) is 5. The number of carboxylic acids is 1. The van der Waals surface area contributed by atoms with Crippen LogP contribution in [0, 0.1) is 0 Å². The number of carbonyl (C=O) groups is 3. The van der Waals surface area contributed by atoms with Crippen molar-refractivity contribution in [1.82, 2.24) is 15.1 Å². The Kier molecular flexibility index (Phi) is 5.76. The Balaban J connectivity index is 1.27. The van der Waals surface area contributed by atoms with Crippen LogP contribution in [-0.2, 0) is 16.6 Å². The molecule has 35 heavy (non-hydrogen) atoms. The molecule has 5 rings (SSSR count). The number of ether oxygens (including phenoxy) is 1. The minimum absolute atomic E-state index is 0.0621. The second-order valence-corrected chi connectivity index (χ2v) is 9.17. The lowest BCUT2D eigenvalue weighted by atomic mass is 9.74. The van der Waals surface area contributed by atoms with Crippen LogP contribution >= 0.6 is 0 Å². The third-order valence-electron chi connectivity index (χ3n) is 6.82. The molecule has 3 N–H and O–H groups in total. The largest absolute Gasteiger partial charge is 0.481 e. The van der Waals surface area contributed by atoms with E-state index in [-0.39, 0.29) is 30.3 Å². The smallest absolute Gasteiger partial charge is 0.412 e. The Labute approximate surface area is 202 Å². The minimum Gasteiger partial charge on any atom is -0.481 e. The first-order valence-corrected chi connectivity index (χ1v) is 11.6. The topological polar surface area (TPSA) is 123 Å². The zero-order valence-electron chi connectivity index (χ0n) is 19.3. The summed E-state index contributed by atoms with van der Waals surface area (Å²) in [6.07, 6.45) is 2.67. The molecule has 2 aromatic carbocycles. The molecule has 2 aliphatic rings. The van der Waals surface area contributed by atoms with E-state index in [0.717, 1.165) is 28.7 Å². The molecular formula is C26H26N4O5. The van der Waals surface area contributed by atoms with E-state index in [9.17, 15) is 19.5 Å². The van der Waals surface area contributed by atoms with Crippen LogP contribution < -0.4 is 10.6 Å². The number of carbonyl (C=O) groups excluding carboxylic acids is 2. The molecule has 2 amide bonds. The number of carboxylic acid groups (broad SMARTS) is 1. The number of hydrogen-bond donors (Lipinski definition) is 3. The van der Waals surface area contributed by atoms with Gasteiger partial charge >= 0.3 is 12.1 Å². The molecule has 0 saturated heterocycles. The van der Waals surface area contributed by atoms with Crippen LogP contribution in [0.4, 0.5) is 10.6 Å². The molecule has 0 unspecified atom stereocenters. The van der Waals surface area contributed by atoms with Crippen molar-refractivity contribution in [3.8, 4) is 11.1 Å². The van der Waals surface area contributed by atoms with Crippen LogP contribution in [0.5, 0.6) is 0 Å². The van der Waals surface area contributed by atoms with Crippen molar-refractivity contribution in [1.29, 1.82) is 0 Å². The summed E-state index contributed by atoms with van der Waals surface area (Å²) in [5, 5.41) is 18.8. The minimum atomic E-state index is -0.965. The first-order valence-electron chi connectivity index (χ1n) is 11.6. The van der Waals surface area contributed by atoms with Gasteiger partial charge in [-0.3, -0.25) is 19.6 Å². The molecule has 0 aliphatic heterocycles. The summed E-state index contributed by atoms with van der Waals surface area (Å²) in [7, 11) is 1.63. The third kappa shape index (κ3) is 4.37. The standard InChI is InChI=1S/C26H26N4O5/c1-30-14-20(24(33)28-26(11-6-12-26)13-22(31)32)23(29-30)27-25(34)35-15-21-18-9-4-2-7-16(18)17-8-3-5-10-19(17)21/h2-5,7-10,14,21H,6,11-13,15H2,1H3,(H,28,33)(H,31,32)(H,27,29,34). The fraction of sp³-hybridized carbons (Fsp3) is 0.308. The summed E-state index contributed by atoms with van der Waals surface area (Å²) < 4.78 is 6.98. The highest BCUT2D eigenvalue weighted by Gasteiger charge is 2.41. The second kappa shape index (κ2) is 8.90. The highest BCUT2D eigenvalue weighted by Crippen LogP contribution is 2.44. The summed E-state index contributed by atoms with van der Waals surface area (Å²) in [5.74, 6) is -1.47. The van der Waals surface area contributed by atoms with E-state index in [0.29, 0.717) is 12.8 Å². The van der Waals surface area contributed by atoms with Gasteiger partial charge in [-0.25, -0.2) is 4.79 Å². The quantitative estimate of drug-likeness (QED) is 0.477. The normalized spacial score (nSPS) is 15.5. The molecule has 2 aliphatic carbocycles. The van der Waals surface area contributed by atoms with Crippen molar-refractivity contribution in [2.75, 3.05) is 11.9 Å². The van der Waals surface area contributed by atoms with Crippen molar-refractivity contribution in [2.24, 2.45) is 7.05 Å². The highest BCUT2D eigenvalue weighted by atomic mass is 16.5. The number of amides is 2. The van der Waals surface area contributed by atoms with Gasteiger partial charge in [0.25, 0.3) is 5.91 Å². The van der Waals surface area contributed by atoms with Gasteiger partial charge < -0.3 is 15.2 Å². The number of rotatable bonds is 7. The molecule has 1 saturated carbocycles. The predicted molar refractivity (Wildman–Crippen MR) is 128 cm³/mol. The van der Waals surface area contributed by atoms with Gasteiger partial charge in [0.15, 0.2) is 5.82 Å². The summed E-state index contributed by atoms with van der Waals surface area (Å²) in [6, 6.07) is 16.1. The summed E-state index contributed by atoms with van der Waals surface area (Å²) >= 11 is 0. The molecule has 0 bridgehead atoms. The highest BCUT2D eigenvalue weighted by molar-refractivity contribution is 6.02. The molecule has 0 spiro atoms. The summed E-state index contributed by atoms with van der Waals surface area (Å²) in [6.45, 7) is 0.135. The molecule has 3 aromatic rings. The van der Waals surface area contributed by atoms with Crippen LogP contribution in [-0.4, -0.2) is 45.0 Å². The molecule has 1 fully saturated rings. The maximum atomic E-state index is 12.9. The van der Waals surface area contributed by atoms with Gasteiger partial charge in [0.1, 0.15) is 12.2 Å². The zero-order valence-corrected chi connectivity index (χ0v) is 19.3. The van der Waals surface area contributed by atoms with E-state index in [1.165, 1.54) is 10.9 Å². The molecule has 1 aromatic heterocycles. The first-order chi connectivity index (χ1) is 16.8. The second-order valence-electron chi connectivity index (χ2n) is 9.17. The van der Waals surface area contributed by atoms with E-state index >= 15 is 0 Å². The number of benzene rings is 2. The molecule has 1 heterocycles. The summed E-state index contributed by atoms with van der Waals surface area (Å²) in [5.41, 5.74) is 3.85. The molecule has 9 heteroatoms. The van der Waals surface area contributed by atoms with Gasteiger partial charge in [0.2, 0.25) is 0 Å². The molecule has 0 radical (unpaired) electrons. The summed E-state index contributed by atoms with van der Waals surface area (Å²) in [4.78, 5) is 36.9. The van der Waals surface area contributed by atoms with E-state index in [1.54, 1.807) is 7.05 Å². The van der Waals surface area contributed by atoms with Gasteiger partial charge in [0, 0.05) is 19.2 Å². The average Bonchev–Trinajstić information content (AvgIpc) is 3.33. The predicted octanol–water partition coefficient (Wildman–Crippen LogP) is 3.91. The molecule has 0 atom stereocenters. The fourth-order valence-electron chi connectivity index (χ4n) is 5.03. The maximum Gasteiger partial charge on any atom is 0.412 e. The van der Waals surface area contributed by atoms with E-state index in [2.05, 4.69) is 27.9 Å². The van der Waals surface area contributed by atoms with Crippen LogP contribution in [0.3, 0.4) is 0 Å². The number of nitrogens with zero attached hydrogens (tertiary/aromatic N) is 2.